The smallest absolute Gasteiger partial charge is 0.175 e. The van der Waals surface area contributed by atoms with Crippen molar-refractivity contribution in [1.82, 2.24) is 15.0 Å². The summed E-state index contributed by atoms with van der Waals surface area (Å²) in [6, 6.07) is 16.4. The predicted octanol–water partition coefficient (Wildman–Crippen LogP) is 7.08. The van der Waals surface area contributed by atoms with Crippen molar-refractivity contribution in [3.05, 3.63) is 89.4 Å². The van der Waals surface area contributed by atoms with Gasteiger partial charge >= 0.3 is 0 Å². The lowest BCUT2D eigenvalue weighted by molar-refractivity contribution is 0.476. The molecule has 1 saturated heterocycles. The molecule has 3 heterocycles. The summed E-state index contributed by atoms with van der Waals surface area (Å²) in [5.41, 5.74) is 2.29. The molecule has 3 aromatic carbocycles. The first-order valence-corrected chi connectivity index (χ1v) is 13.0. The molecule has 0 spiro atoms. The van der Waals surface area contributed by atoms with Crippen LogP contribution in [0.5, 0.6) is 5.75 Å². The van der Waals surface area contributed by atoms with Crippen molar-refractivity contribution in [2.45, 2.75) is 39.0 Å². The largest absolute Gasteiger partial charge is 0.508 e. The van der Waals surface area contributed by atoms with Crippen molar-refractivity contribution < 1.29 is 13.9 Å². The summed E-state index contributed by atoms with van der Waals surface area (Å²) >= 11 is 0. The maximum absolute atomic E-state index is 16.3. The van der Waals surface area contributed by atoms with Gasteiger partial charge in [-0.1, -0.05) is 43.3 Å². The Kier molecular flexibility index (Phi) is 6.14. The van der Waals surface area contributed by atoms with Gasteiger partial charge in [-0.05, 0) is 66.3 Å². The molecule has 192 valence electrons. The van der Waals surface area contributed by atoms with Crippen LogP contribution < -0.4 is 4.90 Å². The number of aromatic nitrogens is 3. The van der Waals surface area contributed by atoms with Crippen molar-refractivity contribution >= 4 is 27.5 Å². The van der Waals surface area contributed by atoms with E-state index in [9.17, 15) is 9.50 Å². The number of phenolic OH excluding ortho intramolecular Hbond substituents is 1. The van der Waals surface area contributed by atoms with Gasteiger partial charge in [-0.3, -0.25) is 4.98 Å². The third-order valence-electron chi connectivity index (χ3n) is 7.53. The molecule has 6 rings (SSSR count). The molecule has 0 bridgehead atoms. The number of anilines is 1. The quantitative estimate of drug-likeness (QED) is 0.280. The Morgan fingerprint density at radius 1 is 1.05 bits per heavy atom. The van der Waals surface area contributed by atoms with Gasteiger partial charge in [-0.25, -0.2) is 18.7 Å². The molecule has 1 N–H and O–H groups in total. The van der Waals surface area contributed by atoms with Crippen LogP contribution in [0.15, 0.2) is 60.8 Å². The Morgan fingerprint density at radius 3 is 2.66 bits per heavy atom. The topological polar surface area (TPSA) is 62.1 Å². The number of aromatic hydroxyl groups is 1. The van der Waals surface area contributed by atoms with Gasteiger partial charge in [0, 0.05) is 30.8 Å². The van der Waals surface area contributed by atoms with Gasteiger partial charge < -0.3 is 10.0 Å². The van der Waals surface area contributed by atoms with E-state index in [0.717, 1.165) is 25.9 Å². The fourth-order valence-corrected chi connectivity index (χ4v) is 5.78. The lowest BCUT2D eigenvalue weighted by atomic mass is 9.90. The van der Waals surface area contributed by atoms with Crippen molar-refractivity contribution in [1.29, 1.82) is 0 Å². The molecular weight excluding hydrogens is 482 g/mol. The highest BCUT2D eigenvalue weighted by Crippen LogP contribution is 2.39. The van der Waals surface area contributed by atoms with Crippen LogP contribution in [0.2, 0.25) is 0 Å². The lowest BCUT2D eigenvalue weighted by Gasteiger charge is -2.34. The molecule has 0 radical (unpaired) electrons. The zero-order chi connectivity index (χ0) is 26.4. The predicted molar refractivity (Wildman–Crippen MR) is 147 cm³/mol. The summed E-state index contributed by atoms with van der Waals surface area (Å²) in [6.07, 6.45) is 4.10. The first kappa shape index (κ1) is 24.2. The first-order valence-electron chi connectivity index (χ1n) is 13.0. The van der Waals surface area contributed by atoms with E-state index in [0.29, 0.717) is 51.3 Å². The molecule has 1 fully saturated rings. The van der Waals surface area contributed by atoms with Crippen LogP contribution in [0.1, 0.15) is 42.6 Å². The molecule has 1 aliphatic heterocycles. The molecule has 1 aliphatic rings. The number of phenols is 1. The third kappa shape index (κ3) is 4.12. The van der Waals surface area contributed by atoms with Gasteiger partial charge in [0.25, 0.3) is 0 Å². The third-order valence-corrected chi connectivity index (χ3v) is 7.53. The van der Waals surface area contributed by atoms with Gasteiger partial charge in [0.05, 0.1) is 5.39 Å². The molecule has 0 aliphatic carbocycles. The Balaban J connectivity index is 1.50. The van der Waals surface area contributed by atoms with Gasteiger partial charge in [0.1, 0.15) is 34.4 Å². The Labute approximate surface area is 219 Å². The summed E-state index contributed by atoms with van der Waals surface area (Å²) in [5.74, 6) is 0.477. The van der Waals surface area contributed by atoms with Crippen molar-refractivity contribution in [2.75, 3.05) is 18.0 Å². The van der Waals surface area contributed by atoms with E-state index >= 15 is 4.39 Å². The molecule has 5 aromatic rings. The SMILES string of the molecule is CCc1c(F)ccc2cc(O)cc(-c3ncc4c(N5CCCC(c6ccccc6)C5)nc(C)nc4c3F)c12. The molecule has 2 aromatic heterocycles. The number of benzene rings is 3. The molecular formula is C31H28F2N4O. The maximum atomic E-state index is 16.3. The van der Waals surface area contributed by atoms with E-state index < -0.39 is 5.82 Å². The fraction of sp³-hybridized carbons (Fsp3) is 0.258. The van der Waals surface area contributed by atoms with Crippen LogP contribution in [0.4, 0.5) is 14.6 Å². The molecule has 38 heavy (non-hydrogen) atoms. The summed E-state index contributed by atoms with van der Waals surface area (Å²) in [6.45, 7) is 5.20. The second-order valence-electron chi connectivity index (χ2n) is 9.94. The summed E-state index contributed by atoms with van der Waals surface area (Å²) in [4.78, 5) is 15.9. The van der Waals surface area contributed by atoms with Crippen molar-refractivity contribution in [3.8, 4) is 17.0 Å². The second-order valence-corrected chi connectivity index (χ2v) is 9.94. The Bertz CT molecular complexity index is 1670. The maximum Gasteiger partial charge on any atom is 0.175 e. The minimum absolute atomic E-state index is 0.0311. The second kappa shape index (κ2) is 9.63. The number of halogens is 2. The Hall–Kier alpha value is -4.13. The molecule has 1 atom stereocenters. The number of rotatable bonds is 4. The number of fused-ring (bicyclic) bond motifs is 2. The molecule has 5 nitrogen and oxygen atoms in total. The standard InChI is InChI=1S/C31H28F2N4O/c1-3-23-26(32)12-11-20-14-22(38)15-24(27(20)23)29-28(33)30-25(16-34-29)31(36-18(2)35-30)37-13-7-10-21(17-37)19-8-5-4-6-9-19/h4-6,8-9,11-12,14-16,21,38H,3,7,10,13,17H2,1-2H3. The number of piperidine rings is 1. The number of aryl methyl sites for hydroxylation is 2. The summed E-state index contributed by atoms with van der Waals surface area (Å²) in [5, 5.41) is 12.1. The van der Waals surface area contributed by atoms with Crippen molar-refractivity contribution in [3.63, 3.8) is 0 Å². The van der Waals surface area contributed by atoms with E-state index in [1.807, 2.05) is 13.0 Å². The van der Waals surface area contributed by atoms with Gasteiger partial charge in [0.2, 0.25) is 0 Å². The summed E-state index contributed by atoms with van der Waals surface area (Å²) < 4.78 is 31.0. The number of pyridine rings is 1. The molecule has 7 heteroatoms. The highest BCUT2D eigenvalue weighted by Gasteiger charge is 2.26. The van der Waals surface area contributed by atoms with Crippen molar-refractivity contribution in [2.24, 2.45) is 0 Å². The fourth-order valence-electron chi connectivity index (χ4n) is 5.78. The van der Waals surface area contributed by atoms with Gasteiger partial charge in [0.15, 0.2) is 5.82 Å². The van der Waals surface area contributed by atoms with E-state index in [1.54, 1.807) is 25.3 Å². The average Bonchev–Trinajstić information content (AvgIpc) is 2.93. The van der Waals surface area contributed by atoms with E-state index in [4.69, 9.17) is 4.98 Å². The van der Waals surface area contributed by atoms with Gasteiger partial charge in [-0.2, -0.15) is 0 Å². The van der Waals surface area contributed by atoms with Crippen LogP contribution in [0.3, 0.4) is 0 Å². The average molecular weight is 511 g/mol. The lowest BCUT2D eigenvalue weighted by Crippen LogP contribution is -2.35. The molecule has 1 unspecified atom stereocenters. The highest BCUT2D eigenvalue weighted by atomic mass is 19.1. The van der Waals surface area contributed by atoms with Crippen LogP contribution in [-0.4, -0.2) is 33.1 Å². The highest BCUT2D eigenvalue weighted by molar-refractivity contribution is 6.01. The minimum atomic E-state index is -0.607. The number of hydrogen-bond donors (Lipinski definition) is 1. The van der Waals surface area contributed by atoms with Crippen LogP contribution in [0, 0.1) is 18.6 Å². The van der Waals surface area contributed by atoms with E-state index in [1.165, 1.54) is 17.7 Å². The minimum Gasteiger partial charge on any atom is -0.508 e. The first-order chi connectivity index (χ1) is 18.4. The number of hydrogen-bond acceptors (Lipinski definition) is 5. The van der Waals surface area contributed by atoms with Crippen LogP contribution in [0.25, 0.3) is 32.9 Å². The normalized spacial score (nSPS) is 15.9. The Morgan fingerprint density at radius 2 is 1.87 bits per heavy atom. The molecule has 0 saturated carbocycles. The zero-order valence-corrected chi connectivity index (χ0v) is 21.4. The molecule has 0 amide bonds. The van der Waals surface area contributed by atoms with E-state index in [-0.39, 0.29) is 22.8 Å². The number of nitrogens with zero attached hydrogens (tertiary/aromatic N) is 4. The van der Waals surface area contributed by atoms with E-state index in [2.05, 4.69) is 39.1 Å². The summed E-state index contributed by atoms with van der Waals surface area (Å²) in [7, 11) is 0. The van der Waals surface area contributed by atoms with Crippen LogP contribution >= 0.6 is 0 Å². The van der Waals surface area contributed by atoms with Gasteiger partial charge in [-0.15, -0.1) is 0 Å². The zero-order valence-electron chi connectivity index (χ0n) is 21.4. The van der Waals surface area contributed by atoms with Crippen LogP contribution in [-0.2, 0) is 6.42 Å². The monoisotopic (exact) mass is 510 g/mol.